The first-order chi connectivity index (χ1) is 16.5. The number of rotatable bonds is 13. The fourth-order valence-corrected chi connectivity index (χ4v) is 10.6. The lowest BCUT2D eigenvalue weighted by atomic mass is 10.1. The molecular formula is C25H46N4O3Si2. The van der Waals surface area contributed by atoms with Gasteiger partial charge in [0.15, 0.2) is 0 Å². The van der Waals surface area contributed by atoms with Crippen LogP contribution in [0.3, 0.4) is 0 Å². The van der Waals surface area contributed by atoms with Crippen LogP contribution in [0.4, 0.5) is 0 Å². The lowest BCUT2D eigenvalue weighted by Crippen LogP contribution is -2.59. The van der Waals surface area contributed by atoms with Crippen molar-refractivity contribution in [3.05, 3.63) is 30.3 Å². The largest absolute Gasteiger partial charge is 0.500 e. The predicted octanol–water partition coefficient (Wildman–Crippen LogP) is 1.60. The normalized spacial score (nSPS) is 20.8. The molecule has 1 aromatic carbocycles. The van der Waals surface area contributed by atoms with E-state index in [-0.39, 0.29) is 0 Å². The van der Waals surface area contributed by atoms with E-state index in [0.717, 1.165) is 6.42 Å². The van der Waals surface area contributed by atoms with Crippen LogP contribution in [-0.4, -0.2) is 132 Å². The van der Waals surface area contributed by atoms with Gasteiger partial charge in [-0.3, -0.25) is 9.80 Å². The summed E-state index contributed by atoms with van der Waals surface area (Å²) in [5.74, 6) is 0. The number of likely N-dealkylation sites (N-methyl/N-ethyl adjacent to an activating group) is 2. The van der Waals surface area contributed by atoms with E-state index >= 15 is 0 Å². The summed E-state index contributed by atoms with van der Waals surface area (Å²) in [4.78, 5) is 10.4. The highest BCUT2D eigenvalue weighted by Gasteiger charge is 2.47. The minimum atomic E-state index is -2.71. The molecule has 0 aromatic heterocycles. The summed E-state index contributed by atoms with van der Waals surface area (Å²) in [5, 5.41) is 1.64. The second-order valence-corrected chi connectivity index (χ2v) is 15.0. The van der Waals surface area contributed by atoms with E-state index in [1.165, 1.54) is 76.8 Å². The molecule has 2 aliphatic rings. The van der Waals surface area contributed by atoms with Crippen LogP contribution in [0.25, 0.3) is 0 Å². The van der Waals surface area contributed by atoms with Crippen molar-refractivity contribution in [2.75, 3.05) is 87.8 Å². The third-order valence-electron chi connectivity index (χ3n) is 7.52. The maximum atomic E-state index is 5.93. The highest BCUT2D eigenvalue weighted by atomic mass is 28.4. The molecule has 2 fully saturated rings. The Kier molecular flexibility index (Phi) is 11.7. The average molecular weight is 507 g/mol. The van der Waals surface area contributed by atoms with Gasteiger partial charge in [0, 0.05) is 78.9 Å². The quantitative estimate of drug-likeness (QED) is 0.297. The van der Waals surface area contributed by atoms with Crippen LogP contribution in [0, 0.1) is 0 Å². The summed E-state index contributed by atoms with van der Waals surface area (Å²) >= 11 is 0. The first kappa shape index (κ1) is 28.0. The lowest BCUT2D eigenvalue weighted by Gasteiger charge is -2.46. The van der Waals surface area contributed by atoms with E-state index in [9.17, 15) is 0 Å². The zero-order valence-electron chi connectivity index (χ0n) is 22.0. The van der Waals surface area contributed by atoms with Crippen LogP contribution in [-0.2, 0) is 13.3 Å². The Hall–Kier alpha value is -0.626. The van der Waals surface area contributed by atoms with Gasteiger partial charge in [-0.2, -0.15) is 0 Å². The third-order valence-corrected chi connectivity index (χ3v) is 13.2. The van der Waals surface area contributed by atoms with Gasteiger partial charge in [0.1, 0.15) is 0 Å². The molecule has 0 spiro atoms. The lowest BCUT2D eigenvalue weighted by molar-refractivity contribution is -0.0142. The van der Waals surface area contributed by atoms with Gasteiger partial charge < -0.3 is 23.1 Å². The predicted molar refractivity (Wildman–Crippen MR) is 143 cm³/mol. The Morgan fingerprint density at radius 3 is 1.68 bits per heavy atom. The van der Waals surface area contributed by atoms with Crippen molar-refractivity contribution >= 4 is 23.5 Å². The van der Waals surface area contributed by atoms with Crippen LogP contribution in [0.2, 0.25) is 5.16 Å². The maximum absolute atomic E-state index is 5.93. The maximum Gasteiger partial charge on any atom is 0.500 e. The van der Waals surface area contributed by atoms with Crippen LogP contribution in [0.1, 0.15) is 25.7 Å². The van der Waals surface area contributed by atoms with Crippen LogP contribution < -0.4 is 5.19 Å². The average Bonchev–Trinajstić information content (AvgIpc) is 2.87. The molecule has 3 rings (SSSR count). The smallest absolute Gasteiger partial charge is 0.377 e. The Morgan fingerprint density at radius 1 is 0.735 bits per heavy atom. The summed E-state index contributed by atoms with van der Waals surface area (Å²) in [6.07, 6.45) is 5.27. The molecule has 1 unspecified atom stereocenters. The number of nitrogens with zero attached hydrogens (tertiary/aromatic N) is 4. The van der Waals surface area contributed by atoms with E-state index in [1.54, 1.807) is 21.3 Å². The summed E-state index contributed by atoms with van der Waals surface area (Å²) in [5.41, 5.74) is 0. The SMILES string of the molecule is CO[Si](OC)(OC)C(CCCCC(N1CCN(C)CC1)N1CCN(C)CC1)[Si]c1ccccc1. The molecule has 1 atom stereocenters. The molecule has 2 saturated heterocycles. The van der Waals surface area contributed by atoms with Crippen molar-refractivity contribution < 1.29 is 13.3 Å². The molecule has 0 bridgehead atoms. The van der Waals surface area contributed by atoms with Gasteiger partial charge in [0.2, 0.25) is 0 Å². The van der Waals surface area contributed by atoms with Crippen molar-refractivity contribution in [1.29, 1.82) is 0 Å². The Labute approximate surface area is 211 Å². The molecule has 2 aliphatic heterocycles. The fourth-order valence-electron chi connectivity index (χ4n) is 5.26. The standard InChI is InChI=1S/C25H46N4O3Si2/c1-26-15-19-28(20-16-26)24(29-21-17-27(2)18-22-29)13-9-10-14-25(34(30-3,31-4)32-5)33-23-11-7-6-8-12-23/h6-8,11-12,24-25H,9-10,13-22H2,1-5H3. The summed E-state index contributed by atoms with van der Waals surface area (Å²) in [7, 11) is 7.66. The van der Waals surface area contributed by atoms with Gasteiger partial charge in [0.05, 0.1) is 15.7 Å². The zero-order valence-corrected chi connectivity index (χ0v) is 24.0. The van der Waals surface area contributed by atoms with Gasteiger partial charge in [-0.05, 0) is 26.9 Å². The monoisotopic (exact) mass is 506 g/mol. The summed E-state index contributed by atoms with van der Waals surface area (Å²) in [6.45, 7) is 9.42. The molecule has 0 aliphatic carbocycles. The first-order valence-corrected chi connectivity index (χ1v) is 15.7. The van der Waals surface area contributed by atoms with Gasteiger partial charge >= 0.3 is 8.80 Å². The van der Waals surface area contributed by atoms with Gasteiger partial charge in [-0.15, -0.1) is 0 Å². The molecule has 7 nitrogen and oxygen atoms in total. The van der Waals surface area contributed by atoms with Crippen molar-refractivity contribution in [2.45, 2.75) is 37.0 Å². The topological polar surface area (TPSA) is 40.7 Å². The van der Waals surface area contributed by atoms with Crippen molar-refractivity contribution in [3.63, 3.8) is 0 Å². The molecule has 0 amide bonds. The minimum Gasteiger partial charge on any atom is -0.377 e. The molecule has 2 heterocycles. The Balaban J connectivity index is 1.61. The van der Waals surface area contributed by atoms with Crippen LogP contribution in [0.15, 0.2) is 30.3 Å². The van der Waals surface area contributed by atoms with Gasteiger partial charge in [-0.25, -0.2) is 0 Å². The molecule has 9 heteroatoms. The highest BCUT2D eigenvalue weighted by Crippen LogP contribution is 2.29. The Bertz CT molecular complexity index is 652. The van der Waals surface area contributed by atoms with Crippen LogP contribution in [0.5, 0.6) is 0 Å². The van der Waals surface area contributed by atoms with Crippen molar-refractivity contribution in [1.82, 2.24) is 19.6 Å². The van der Waals surface area contributed by atoms with Gasteiger partial charge in [0.25, 0.3) is 0 Å². The Morgan fingerprint density at radius 2 is 1.21 bits per heavy atom. The van der Waals surface area contributed by atoms with E-state index in [2.05, 4.69) is 64.0 Å². The second kappa shape index (κ2) is 14.2. The molecule has 34 heavy (non-hydrogen) atoms. The molecule has 2 radical (unpaired) electrons. The molecule has 0 saturated carbocycles. The van der Waals surface area contributed by atoms with E-state index in [0.29, 0.717) is 20.8 Å². The molecule has 192 valence electrons. The number of hydrogen-bond donors (Lipinski definition) is 0. The highest BCUT2D eigenvalue weighted by molar-refractivity contribution is 6.78. The fraction of sp³-hybridized carbons (Fsp3) is 0.760. The second-order valence-electron chi connectivity index (χ2n) is 9.72. The number of benzene rings is 1. The van der Waals surface area contributed by atoms with E-state index in [4.69, 9.17) is 13.3 Å². The summed E-state index contributed by atoms with van der Waals surface area (Å²) in [6, 6.07) is 10.7. The summed E-state index contributed by atoms with van der Waals surface area (Å²) < 4.78 is 17.8. The van der Waals surface area contributed by atoms with E-state index in [1.807, 2.05) is 0 Å². The van der Waals surface area contributed by atoms with Crippen molar-refractivity contribution in [2.24, 2.45) is 0 Å². The van der Waals surface area contributed by atoms with Crippen molar-refractivity contribution in [3.8, 4) is 0 Å². The molecule has 1 aromatic rings. The number of piperazine rings is 2. The molecular weight excluding hydrogens is 460 g/mol. The number of hydrogen-bond acceptors (Lipinski definition) is 7. The third kappa shape index (κ3) is 7.68. The minimum absolute atomic E-state index is 0.292. The van der Waals surface area contributed by atoms with Gasteiger partial charge in [-0.1, -0.05) is 48.4 Å². The first-order valence-electron chi connectivity index (χ1n) is 12.8. The van der Waals surface area contributed by atoms with E-state index < -0.39 is 8.80 Å². The van der Waals surface area contributed by atoms with Crippen LogP contribution >= 0.6 is 0 Å². The number of unbranched alkanes of at least 4 members (excludes halogenated alkanes) is 1. The zero-order chi connectivity index (χ0) is 24.4. The molecule has 0 N–H and O–H groups in total.